The lowest BCUT2D eigenvalue weighted by atomic mass is 9.92. The van der Waals surface area contributed by atoms with Gasteiger partial charge in [-0.2, -0.15) is 0 Å². The zero-order valence-electron chi connectivity index (χ0n) is 14.3. The lowest BCUT2D eigenvalue weighted by Gasteiger charge is -2.41. The number of amides is 2. The molecule has 5 nitrogen and oxygen atoms in total. The predicted octanol–water partition coefficient (Wildman–Crippen LogP) is 1.86. The van der Waals surface area contributed by atoms with Gasteiger partial charge in [-0.25, -0.2) is 0 Å². The Balaban J connectivity index is 1.72. The van der Waals surface area contributed by atoms with Crippen LogP contribution >= 0.6 is 0 Å². The van der Waals surface area contributed by atoms with Gasteiger partial charge in [0.15, 0.2) is 0 Å². The third-order valence-electron chi connectivity index (χ3n) is 5.13. The zero-order valence-corrected chi connectivity index (χ0v) is 14.3. The minimum atomic E-state index is 0.0383. The van der Waals surface area contributed by atoms with E-state index in [4.69, 9.17) is 4.74 Å². The molecule has 24 heavy (non-hydrogen) atoms. The van der Waals surface area contributed by atoms with Crippen LogP contribution in [0.1, 0.15) is 31.2 Å². The fourth-order valence-corrected chi connectivity index (χ4v) is 3.83. The summed E-state index contributed by atoms with van der Waals surface area (Å²) >= 11 is 0. The van der Waals surface area contributed by atoms with Crippen molar-refractivity contribution in [2.45, 2.75) is 44.2 Å². The number of carbonyl (C=O) groups excluding carboxylic acids is 2. The monoisotopic (exact) mass is 330 g/mol. The first kappa shape index (κ1) is 17.0. The molecule has 0 saturated carbocycles. The highest BCUT2D eigenvalue weighted by atomic mass is 16.5. The van der Waals surface area contributed by atoms with Crippen LogP contribution < -0.4 is 0 Å². The third-order valence-corrected chi connectivity index (χ3v) is 5.13. The molecule has 0 aromatic heterocycles. The molecule has 0 radical (unpaired) electrons. The minimum absolute atomic E-state index is 0.0383. The van der Waals surface area contributed by atoms with Crippen LogP contribution in [0.3, 0.4) is 0 Å². The van der Waals surface area contributed by atoms with E-state index >= 15 is 0 Å². The zero-order chi connectivity index (χ0) is 16.9. The van der Waals surface area contributed by atoms with E-state index in [1.54, 1.807) is 12.0 Å². The summed E-state index contributed by atoms with van der Waals surface area (Å²) < 4.78 is 5.67. The summed E-state index contributed by atoms with van der Waals surface area (Å²) in [6.45, 7) is 1.66. The molecule has 2 amide bonds. The smallest absolute Gasteiger partial charge is 0.242 e. The largest absolute Gasteiger partial charge is 0.379 e. The Morgan fingerprint density at radius 2 is 2.00 bits per heavy atom. The molecule has 130 valence electrons. The second-order valence-corrected chi connectivity index (χ2v) is 6.68. The maximum absolute atomic E-state index is 12.8. The van der Waals surface area contributed by atoms with Gasteiger partial charge >= 0.3 is 0 Å². The van der Waals surface area contributed by atoms with E-state index in [1.807, 2.05) is 23.1 Å². The van der Waals surface area contributed by atoms with E-state index in [9.17, 15) is 9.59 Å². The molecule has 2 fully saturated rings. The number of piperidine rings is 1. The third kappa shape index (κ3) is 3.78. The van der Waals surface area contributed by atoms with Crippen LogP contribution in [0.2, 0.25) is 0 Å². The molecule has 0 bridgehead atoms. The molecular weight excluding hydrogens is 304 g/mol. The van der Waals surface area contributed by atoms with Gasteiger partial charge in [0.25, 0.3) is 0 Å². The fourth-order valence-electron chi connectivity index (χ4n) is 3.83. The van der Waals surface area contributed by atoms with Gasteiger partial charge in [-0.3, -0.25) is 9.59 Å². The Labute approximate surface area is 143 Å². The molecule has 0 N–H and O–H groups in total. The van der Waals surface area contributed by atoms with Gasteiger partial charge in [0, 0.05) is 26.6 Å². The molecule has 2 heterocycles. The van der Waals surface area contributed by atoms with Gasteiger partial charge in [0.2, 0.25) is 11.8 Å². The number of rotatable bonds is 5. The number of ether oxygens (including phenoxy) is 1. The first-order valence-electron chi connectivity index (χ1n) is 8.83. The number of hydrogen-bond donors (Lipinski definition) is 0. The van der Waals surface area contributed by atoms with E-state index in [-0.39, 0.29) is 30.5 Å². The normalized spacial score (nSPS) is 24.5. The quantitative estimate of drug-likeness (QED) is 0.828. The first-order chi connectivity index (χ1) is 11.7. The number of benzene rings is 1. The molecule has 1 aromatic rings. The van der Waals surface area contributed by atoms with E-state index < -0.39 is 0 Å². The van der Waals surface area contributed by atoms with Crippen LogP contribution in [-0.2, 0) is 20.7 Å². The summed E-state index contributed by atoms with van der Waals surface area (Å²) in [5, 5.41) is 0. The van der Waals surface area contributed by atoms with Gasteiger partial charge in [-0.05, 0) is 31.2 Å². The molecule has 0 aliphatic carbocycles. The SMILES string of the molecule is CO[C@H]1CCCN(C(=O)CN2CCCC2=O)[C@H]1Cc1ccccc1. The molecule has 2 aliphatic heterocycles. The van der Waals surface area contributed by atoms with E-state index in [1.165, 1.54) is 5.56 Å². The second-order valence-electron chi connectivity index (χ2n) is 6.68. The number of methoxy groups -OCH3 is 1. The van der Waals surface area contributed by atoms with Crippen LogP contribution in [-0.4, -0.2) is 60.5 Å². The lowest BCUT2D eigenvalue weighted by Crippen LogP contribution is -2.55. The summed E-state index contributed by atoms with van der Waals surface area (Å²) in [5.74, 6) is 0.149. The Hall–Kier alpha value is -1.88. The first-order valence-corrected chi connectivity index (χ1v) is 8.83. The van der Waals surface area contributed by atoms with Gasteiger partial charge in [-0.1, -0.05) is 30.3 Å². The summed E-state index contributed by atoms with van der Waals surface area (Å²) in [5.41, 5.74) is 1.21. The van der Waals surface area contributed by atoms with Crippen molar-refractivity contribution < 1.29 is 14.3 Å². The number of nitrogens with zero attached hydrogens (tertiary/aromatic N) is 2. The number of likely N-dealkylation sites (tertiary alicyclic amines) is 2. The van der Waals surface area contributed by atoms with Crippen LogP contribution in [0.4, 0.5) is 0 Å². The maximum atomic E-state index is 12.8. The van der Waals surface area contributed by atoms with Gasteiger partial charge < -0.3 is 14.5 Å². The van der Waals surface area contributed by atoms with Crippen LogP contribution in [0.15, 0.2) is 30.3 Å². The minimum Gasteiger partial charge on any atom is -0.379 e. The van der Waals surface area contributed by atoms with Gasteiger partial charge in [-0.15, -0.1) is 0 Å². The highest BCUT2D eigenvalue weighted by molar-refractivity contribution is 5.86. The summed E-state index contributed by atoms with van der Waals surface area (Å²) in [4.78, 5) is 28.3. The maximum Gasteiger partial charge on any atom is 0.242 e. The molecule has 2 aliphatic rings. The van der Waals surface area contributed by atoms with E-state index in [2.05, 4.69) is 12.1 Å². The summed E-state index contributed by atoms with van der Waals surface area (Å²) in [6, 6.07) is 10.3. The molecule has 0 unspecified atom stereocenters. The lowest BCUT2D eigenvalue weighted by molar-refractivity contribution is -0.144. The molecule has 3 rings (SSSR count). The summed E-state index contributed by atoms with van der Waals surface area (Å²) in [6.07, 6.45) is 4.20. The molecule has 5 heteroatoms. The molecular formula is C19H26N2O3. The molecule has 2 saturated heterocycles. The Bertz CT molecular complexity index is 575. The van der Waals surface area contributed by atoms with Crippen LogP contribution in [0.5, 0.6) is 0 Å². The average Bonchev–Trinajstić information content (AvgIpc) is 3.00. The van der Waals surface area contributed by atoms with Gasteiger partial charge in [0.1, 0.15) is 0 Å². The van der Waals surface area contributed by atoms with Crippen molar-refractivity contribution in [3.8, 4) is 0 Å². The number of hydrogen-bond acceptors (Lipinski definition) is 3. The van der Waals surface area contributed by atoms with Crippen molar-refractivity contribution in [3.63, 3.8) is 0 Å². The molecule has 1 aromatic carbocycles. The fraction of sp³-hybridized carbons (Fsp3) is 0.579. The summed E-state index contributed by atoms with van der Waals surface area (Å²) in [7, 11) is 1.72. The van der Waals surface area contributed by atoms with Crippen molar-refractivity contribution in [3.05, 3.63) is 35.9 Å². The number of carbonyl (C=O) groups is 2. The van der Waals surface area contributed by atoms with Gasteiger partial charge in [0.05, 0.1) is 18.7 Å². The Kier molecular flexibility index (Phi) is 5.51. The second kappa shape index (κ2) is 7.79. The van der Waals surface area contributed by atoms with Crippen molar-refractivity contribution in [2.75, 3.05) is 26.7 Å². The standard InChI is InChI=1S/C19H26N2O3/c1-24-17-9-5-12-21(16(17)13-15-7-3-2-4-8-15)19(23)14-20-11-6-10-18(20)22/h2-4,7-8,16-17H,5-6,9-14H2,1H3/t16-,17-/m0/s1. The van der Waals surface area contributed by atoms with Crippen molar-refractivity contribution in [1.29, 1.82) is 0 Å². The van der Waals surface area contributed by atoms with Crippen LogP contribution in [0, 0.1) is 0 Å². The van der Waals surface area contributed by atoms with E-state index in [0.29, 0.717) is 13.0 Å². The predicted molar refractivity (Wildman–Crippen MR) is 91.5 cm³/mol. The average molecular weight is 330 g/mol. The molecule has 0 spiro atoms. The van der Waals surface area contributed by atoms with Crippen molar-refractivity contribution >= 4 is 11.8 Å². The van der Waals surface area contributed by atoms with Crippen molar-refractivity contribution in [2.24, 2.45) is 0 Å². The molecule has 2 atom stereocenters. The highest BCUT2D eigenvalue weighted by Gasteiger charge is 2.35. The van der Waals surface area contributed by atoms with Crippen molar-refractivity contribution in [1.82, 2.24) is 9.80 Å². The van der Waals surface area contributed by atoms with E-state index in [0.717, 1.165) is 32.2 Å². The Morgan fingerprint density at radius 1 is 1.21 bits per heavy atom. The highest BCUT2D eigenvalue weighted by Crippen LogP contribution is 2.24. The topological polar surface area (TPSA) is 49.9 Å². The Morgan fingerprint density at radius 3 is 2.67 bits per heavy atom. The van der Waals surface area contributed by atoms with Crippen LogP contribution in [0.25, 0.3) is 0 Å².